The zero-order valence-electron chi connectivity index (χ0n) is 15.8. The van der Waals surface area contributed by atoms with E-state index in [1.165, 1.54) is 42.5 Å². The van der Waals surface area contributed by atoms with Crippen molar-refractivity contribution in [3.63, 3.8) is 0 Å². The van der Waals surface area contributed by atoms with Crippen molar-refractivity contribution in [2.45, 2.75) is 38.8 Å². The van der Waals surface area contributed by atoms with Gasteiger partial charge in [-0.1, -0.05) is 42.3 Å². The normalized spacial score (nSPS) is 12.7. The standard InChI is InChI=1S/C19H20F4N2O3S/c1-3-4-17(24-28-12-14-6-8-15(20)9-7-14)16-11-13(2)5-10-18(16)25-29(26,27)19(21,22)23/h5-11,25H,3-4,12H2,1-2H3/b24-17+. The van der Waals surface area contributed by atoms with Gasteiger partial charge in [0, 0.05) is 5.56 Å². The van der Waals surface area contributed by atoms with Crippen molar-refractivity contribution in [3.8, 4) is 0 Å². The third-order valence-electron chi connectivity index (χ3n) is 3.84. The maximum Gasteiger partial charge on any atom is 0.516 e. The van der Waals surface area contributed by atoms with Crippen LogP contribution in [0.3, 0.4) is 0 Å². The largest absolute Gasteiger partial charge is 0.516 e. The minimum absolute atomic E-state index is 0.0168. The zero-order chi connectivity index (χ0) is 21.7. The number of alkyl halides is 3. The van der Waals surface area contributed by atoms with E-state index in [2.05, 4.69) is 5.16 Å². The van der Waals surface area contributed by atoms with Crippen molar-refractivity contribution in [1.82, 2.24) is 0 Å². The van der Waals surface area contributed by atoms with Crippen molar-refractivity contribution < 1.29 is 30.8 Å². The molecule has 1 N–H and O–H groups in total. The minimum Gasteiger partial charge on any atom is -0.391 e. The van der Waals surface area contributed by atoms with Gasteiger partial charge in [-0.3, -0.25) is 4.72 Å². The lowest BCUT2D eigenvalue weighted by atomic mass is 10.0. The highest BCUT2D eigenvalue weighted by atomic mass is 32.2. The topological polar surface area (TPSA) is 67.8 Å². The maximum absolute atomic E-state index is 13.0. The summed E-state index contributed by atoms with van der Waals surface area (Å²) in [4.78, 5) is 5.29. The molecule has 0 heterocycles. The predicted molar refractivity (Wildman–Crippen MR) is 102 cm³/mol. The Morgan fingerprint density at radius 3 is 2.38 bits per heavy atom. The van der Waals surface area contributed by atoms with Crippen molar-refractivity contribution in [2.24, 2.45) is 5.16 Å². The molecule has 0 atom stereocenters. The molecule has 0 radical (unpaired) electrons. The fourth-order valence-corrected chi connectivity index (χ4v) is 3.00. The fourth-order valence-electron chi connectivity index (χ4n) is 2.42. The van der Waals surface area contributed by atoms with Crippen LogP contribution >= 0.6 is 0 Å². The van der Waals surface area contributed by atoms with E-state index in [1.807, 2.05) is 6.92 Å². The van der Waals surface area contributed by atoms with E-state index in [0.29, 0.717) is 24.0 Å². The van der Waals surface area contributed by atoms with Gasteiger partial charge < -0.3 is 4.84 Å². The second kappa shape index (κ2) is 9.25. The average Bonchev–Trinajstić information content (AvgIpc) is 2.63. The van der Waals surface area contributed by atoms with E-state index in [4.69, 9.17) is 4.84 Å². The molecule has 0 spiro atoms. The summed E-state index contributed by atoms with van der Waals surface area (Å²) in [5.74, 6) is -0.398. The van der Waals surface area contributed by atoms with Crippen LogP contribution in [0.25, 0.3) is 0 Å². The molecule has 0 aromatic heterocycles. The van der Waals surface area contributed by atoms with Crippen molar-refractivity contribution >= 4 is 21.4 Å². The zero-order valence-corrected chi connectivity index (χ0v) is 16.6. The van der Waals surface area contributed by atoms with Gasteiger partial charge in [0.2, 0.25) is 0 Å². The van der Waals surface area contributed by atoms with Gasteiger partial charge in [-0.15, -0.1) is 0 Å². The van der Waals surface area contributed by atoms with E-state index in [-0.39, 0.29) is 23.6 Å². The summed E-state index contributed by atoms with van der Waals surface area (Å²) in [6.45, 7) is 3.57. The molecule has 2 aromatic carbocycles. The lowest BCUT2D eigenvalue weighted by molar-refractivity contribution is -0.0429. The molecule has 0 bridgehead atoms. The molecule has 5 nitrogen and oxygen atoms in total. The molecule has 2 aromatic rings. The molecule has 0 unspecified atom stereocenters. The summed E-state index contributed by atoms with van der Waals surface area (Å²) in [5.41, 5.74) is -3.86. The third-order valence-corrected chi connectivity index (χ3v) is 4.94. The van der Waals surface area contributed by atoms with Gasteiger partial charge in [0.25, 0.3) is 0 Å². The number of benzene rings is 2. The Balaban J connectivity index is 2.33. The van der Waals surface area contributed by atoms with Gasteiger partial charge in [0.15, 0.2) is 0 Å². The SMILES string of the molecule is CCC/C(=N\OCc1ccc(F)cc1)c1cc(C)ccc1NS(=O)(=O)C(F)(F)F. The van der Waals surface area contributed by atoms with Crippen molar-refractivity contribution in [1.29, 1.82) is 0 Å². The quantitative estimate of drug-likeness (QED) is 0.358. The number of nitrogens with one attached hydrogen (secondary N) is 1. The highest BCUT2D eigenvalue weighted by Gasteiger charge is 2.46. The number of anilines is 1. The molecule has 2 rings (SSSR count). The van der Waals surface area contributed by atoms with Crippen LogP contribution in [0.15, 0.2) is 47.6 Å². The Morgan fingerprint density at radius 1 is 1.14 bits per heavy atom. The monoisotopic (exact) mass is 432 g/mol. The first-order valence-electron chi connectivity index (χ1n) is 8.67. The highest BCUT2D eigenvalue weighted by molar-refractivity contribution is 7.93. The lowest BCUT2D eigenvalue weighted by Crippen LogP contribution is -2.30. The molecule has 0 saturated heterocycles. The first-order chi connectivity index (χ1) is 13.5. The molecule has 0 saturated carbocycles. The van der Waals surface area contributed by atoms with Crippen LogP contribution in [-0.4, -0.2) is 19.6 Å². The third kappa shape index (κ3) is 6.18. The van der Waals surface area contributed by atoms with Gasteiger partial charge in [0.05, 0.1) is 11.4 Å². The first kappa shape index (κ1) is 22.7. The van der Waals surface area contributed by atoms with Gasteiger partial charge in [-0.25, -0.2) is 4.39 Å². The van der Waals surface area contributed by atoms with Gasteiger partial charge in [-0.2, -0.15) is 21.6 Å². The molecule has 29 heavy (non-hydrogen) atoms. The van der Waals surface area contributed by atoms with E-state index < -0.39 is 21.3 Å². The predicted octanol–water partition coefficient (Wildman–Crippen LogP) is 5.12. The number of nitrogens with zero attached hydrogens (tertiary/aromatic N) is 1. The average molecular weight is 432 g/mol. The Hall–Kier alpha value is -2.62. The smallest absolute Gasteiger partial charge is 0.391 e. The minimum atomic E-state index is -5.58. The van der Waals surface area contributed by atoms with Crippen LogP contribution in [0, 0.1) is 12.7 Å². The Labute approximate surface area is 166 Å². The van der Waals surface area contributed by atoms with Crippen molar-refractivity contribution in [2.75, 3.05) is 4.72 Å². The summed E-state index contributed by atoms with van der Waals surface area (Å²) in [6, 6.07) is 9.82. The Bertz CT molecular complexity index is 972. The molecule has 0 amide bonds. The number of hydrogen-bond donors (Lipinski definition) is 1. The number of rotatable bonds is 8. The van der Waals surface area contributed by atoms with Gasteiger partial charge in [0.1, 0.15) is 12.4 Å². The second-order valence-electron chi connectivity index (χ2n) is 6.29. The lowest BCUT2D eigenvalue weighted by Gasteiger charge is -2.16. The van der Waals surface area contributed by atoms with Crippen LogP contribution in [0.1, 0.15) is 36.5 Å². The van der Waals surface area contributed by atoms with Gasteiger partial charge >= 0.3 is 15.5 Å². The van der Waals surface area contributed by atoms with Crippen LogP contribution in [0.4, 0.5) is 23.2 Å². The molecule has 10 heteroatoms. The number of halogens is 4. The molecular formula is C19H20F4N2O3S. The number of oxime groups is 1. The summed E-state index contributed by atoms with van der Waals surface area (Å²) >= 11 is 0. The summed E-state index contributed by atoms with van der Waals surface area (Å²) in [7, 11) is -5.58. The van der Waals surface area contributed by atoms with E-state index in [0.717, 1.165) is 0 Å². The molecule has 0 fully saturated rings. The first-order valence-corrected chi connectivity index (χ1v) is 10.1. The maximum atomic E-state index is 13.0. The van der Waals surface area contributed by atoms with E-state index >= 15 is 0 Å². The van der Waals surface area contributed by atoms with Crippen LogP contribution in [0.2, 0.25) is 0 Å². The number of sulfonamides is 1. The number of aryl methyl sites for hydroxylation is 1. The Kier molecular flexibility index (Phi) is 7.23. The highest BCUT2D eigenvalue weighted by Crippen LogP contribution is 2.28. The summed E-state index contributed by atoms with van der Waals surface area (Å²) in [6.07, 6.45) is 0.936. The molecule has 158 valence electrons. The van der Waals surface area contributed by atoms with E-state index in [1.54, 1.807) is 11.6 Å². The molecular weight excluding hydrogens is 412 g/mol. The molecule has 0 aliphatic rings. The summed E-state index contributed by atoms with van der Waals surface area (Å²) < 4.78 is 75.9. The van der Waals surface area contributed by atoms with Crippen LogP contribution < -0.4 is 4.72 Å². The second-order valence-corrected chi connectivity index (χ2v) is 7.96. The number of hydrogen-bond acceptors (Lipinski definition) is 4. The summed E-state index contributed by atoms with van der Waals surface area (Å²) in [5, 5.41) is 4.00. The fraction of sp³-hybridized carbons (Fsp3) is 0.316. The van der Waals surface area contributed by atoms with E-state index in [9.17, 15) is 26.0 Å². The Morgan fingerprint density at radius 2 is 1.79 bits per heavy atom. The molecule has 0 aliphatic carbocycles. The van der Waals surface area contributed by atoms with Crippen LogP contribution in [0.5, 0.6) is 0 Å². The van der Waals surface area contributed by atoms with Crippen molar-refractivity contribution in [3.05, 3.63) is 65.0 Å². The van der Waals surface area contributed by atoms with Crippen LogP contribution in [-0.2, 0) is 21.5 Å². The molecule has 0 aliphatic heterocycles. The van der Waals surface area contributed by atoms with Gasteiger partial charge in [-0.05, 0) is 43.2 Å².